The molecule has 0 heterocycles. The summed E-state index contributed by atoms with van der Waals surface area (Å²) in [5.74, 6) is -0.254. The van der Waals surface area contributed by atoms with Crippen molar-refractivity contribution in [2.24, 2.45) is 0 Å². The largest absolute Gasteiger partial charge is 0.198 e. The topological polar surface area (TPSA) is 23.8 Å². The van der Waals surface area contributed by atoms with Crippen LogP contribution in [0.4, 0.5) is 0 Å². The Bertz CT molecular complexity index is 632. The molecule has 96 valence electrons. The fourth-order valence-corrected chi connectivity index (χ4v) is 2.38. The maximum absolute atomic E-state index is 9.30. The van der Waals surface area contributed by atoms with Gasteiger partial charge in [-0.15, -0.1) is 0 Å². The molecule has 2 aromatic rings. The van der Waals surface area contributed by atoms with Gasteiger partial charge >= 0.3 is 0 Å². The molecule has 0 saturated carbocycles. The van der Waals surface area contributed by atoms with Crippen molar-refractivity contribution in [1.82, 2.24) is 0 Å². The van der Waals surface area contributed by atoms with Gasteiger partial charge in [-0.05, 0) is 41.8 Å². The number of nitrogens with zero attached hydrogens (tertiary/aromatic N) is 1. The molecule has 0 fully saturated rings. The SMILES string of the molecule is N#CC(Cc1ccc(Cl)c(Cl)c1)c1cccc(Cl)c1. The van der Waals surface area contributed by atoms with Crippen LogP contribution in [0.2, 0.25) is 15.1 Å². The molecule has 1 nitrogen and oxygen atoms in total. The van der Waals surface area contributed by atoms with Gasteiger partial charge < -0.3 is 0 Å². The van der Waals surface area contributed by atoms with Gasteiger partial charge in [-0.2, -0.15) is 5.26 Å². The fourth-order valence-electron chi connectivity index (χ4n) is 1.86. The van der Waals surface area contributed by atoms with Crippen molar-refractivity contribution in [3.8, 4) is 6.07 Å². The number of halogens is 3. The Morgan fingerprint density at radius 3 is 2.42 bits per heavy atom. The molecule has 19 heavy (non-hydrogen) atoms. The minimum absolute atomic E-state index is 0.254. The summed E-state index contributed by atoms with van der Waals surface area (Å²) in [4.78, 5) is 0. The maximum atomic E-state index is 9.30. The average molecular weight is 311 g/mol. The first kappa shape index (κ1) is 14.2. The van der Waals surface area contributed by atoms with Gasteiger partial charge in [0.05, 0.1) is 22.0 Å². The number of hydrogen-bond acceptors (Lipinski definition) is 1. The molecule has 2 aromatic carbocycles. The molecule has 0 amide bonds. The molecule has 1 unspecified atom stereocenters. The van der Waals surface area contributed by atoms with E-state index >= 15 is 0 Å². The first-order valence-corrected chi connectivity index (χ1v) is 6.82. The third-order valence-corrected chi connectivity index (χ3v) is 3.80. The Balaban J connectivity index is 2.24. The predicted molar refractivity (Wildman–Crippen MR) is 80.0 cm³/mol. The van der Waals surface area contributed by atoms with Crippen LogP contribution in [0.25, 0.3) is 0 Å². The van der Waals surface area contributed by atoms with Gasteiger partial charge in [0.15, 0.2) is 0 Å². The molecule has 4 heteroatoms. The van der Waals surface area contributed by atoms with Crippen LogP contribution in [0.5, 0.6) is 0 Å². The molecule has 1 atom stereocenters. The van der Waals surface area contributed by atoms with Gasteiger partial charge in [-0.25, -0.2) is 0 Å². The van der Waals surface area contributed by atoms with E-state index in [4.69, 9.17) is 34.8 Å². The highest BCUT2D eigenvalue weighted by atomic mass is 35.5. The normalized spacial score (nSPS) is 11.9. The maximum Gasteiger partial charge on any atom is 0.0753 e. The highest BCUT2D eigenvalue weighted by Crippen LogP contribution is 2.27. The quantitative estimate of drug-likeness (QED) is 0.734. The first-order chi connectivity index (χ1) is 9.10. The van der Waals surface area contributed by atoms with E-state index in [0.717, 1.165) is 11.1 Å². The summed E-state index contributed by atoms with van der Waals surface area (Å²) in [5, 5.41) is 11.0. The van der Waals surface area contributed by atoms with Gasteiger partial charge in [-0.1, -0.05) is 53.0 Å². The molecule has 0 spiro atoms. The monoisotopic (exact) mass is 309 g/mol. The zero-order valence-electron chi connectivity index (χ0n) is 9.91. The lowest BCUT2D eigenvalue weighted by molar-refractivity contribution is 0.849. The predicted octanol–water partition coefficient (Wildman–Crippen LogP) is 5.50. The summed E-state index contributed by atoms with van der Waals surface area (Å²) >= 11 is 17.8. The second-order valence-corrected chi connectivity index (χ2v) is 5.44. The van der Waals surface area contributed by atoms with E-state index in [1.54, 1.807) is 18.2 Å². The summed E-state index contributed by atoms with van der Waals surface area (Å²) in [7, 11) is 0. The average Bonchev–Trinajstić information content (AvgIpc) is 2.40. The lowest BCUT2D eigenvalue weighted by atomic mass is 9.93. The Labute approximate surface area is 127 Å². The molecule has 0 aliphatic carbocycles. The third kappa shape index (κ3) is 3.64. The van der Waals surface area contributed by atoms with E-state index in [-0.39, 0.29) is 5.92 Å². The van der Waals surface area contributed by atoms with Crippen LogP contribution < -0.4 is 0 Å². The van der Waals surface area contributed by atoms with Crippen LogP contribution in [0, 0.1) is 11.3 Å². The molecule has 0 aromatic heterocycles. The van der Waals surface area contributed by atoms with Crippen molar-refractivity contribution in [1.29, 1.82) is 5.26 Å². The zero-order valence-corrected chi connectivity index (χ0v) is 12.2. The van der Waals surface area contributed by atoms with E-state index in [0.29, 0.717) is 21.5 Å². The molecule has 0 aliphatic heterocycles. The van der Waals surface area contributed by atoms with Crippen LogP contribution in [-0.2, 0) is 6.42 Å². The lowest BCUT2D eigenvalue weighted by Gasteiger charge is -2.10. The van der Waals surface area contributed by atoms with Gasteiger partial charge in [0.1, 0.15) is 0 Å². The molecular formula is C15H10Cl3N. The van der Waals surface area contributed by atoms with Crippen molar-refractivity contribution >= 4 is 34.8 Å². The Hall–Kier alpha value is -1.20. The van der Waals surface area contributed by atoms with E-state index < -0.39 is 0 Å². The van der Waals surface area contributed by atoms with Crippen molar-refractivity contribution in [2.75, 3.05) is 0 Å². The Morgan fingerprint density at radius 2 is 1.79 bits per heavy atom. The molecule has 0 aliphatic rings. The van der Waals surface area contributed by atoms with Crippen molar-refractivity contribution in [3.05, 3.63) is 68.7 Å². The molecule has 0 N–H and O–H groups in total. The van der Waals surface area contributed by atoms with Crippen LogP contribution in [-0.4, -0.2) is 0 Å². The minimum Gasteiger partial charge on any atom is -0.198 e. The highest BCUT2D eigenvalue weighted by Gasteiger charge is 2.12. The standard InChI is InChI=1S/C15H10Cl3N/c16-13-3-1-2-11(8-13)12(9-19)6-10-4-5-14(17)15(18)7-10/h1-5,7-8,12H,6H2. The highest BCUT2D eigenvalue weighted by molar-refractivity contribution is 6.42. The Morgan fingerprint density at radius 1 is 1.00 bits per heavy atom. The molecule has 0 saturated heterocycles. The van der Waals surface area contributed by atoms with E-state index in [1.165, 1.54) is 0 Å². The van der Waals surface area contributed by atoms with Crippen LogP contribution in [0.15, 0.2) is 42.5 Å². The van der Waals surface area contributed by atoms with Crippen molar-refractivity contribution < 1.29 is 0 Å². The number of nitriles is 1. The molecule has 0 bridgehead atoms. The van der Waals surface area contributed by atoms with Gasteiger partial charge in [0, 0.05) is 5.02 Å². The number of rotatable bonds is 3. The zero-order chi connectivity index (χ0) is 13.8. The number of hydrogen-bond donors (Lipinski definition) is 0. The molecule has 0 radical (unpaired) electrons. The minimum atomic E-state index is -0.254. The molecular weight excluding hydrogens is 301 g/mol. The van der Waals surface area contributed by atoms with E-state index in [1.807, 2.05) is 24.3 Å². The summed E-state index contributed by atoms with van der Waals surface area (Å²) < 4.78 is 0. The second kappa shape index (κ2) is 6.30. The van der Waals surface area contributed by atoms with Crippen molar-refractivity contribution in [2.45, 2.75) is 12.3 Å². The smallest absolute Gasteiger partial charge is 0.0753 e. The van der Waals surface area contributed by atoms with Crippen molar-refractivity contribution in [3.63, 3.8) is 0 Å². The van der Waals surface area contributed by atoms with Gasteiger partial charge in [-0.3, -0.25) is 0 Å². The summed E-state index contributed by atoms with van der Waals surface area (Å²) in [5.41, 5.74) is 1.88. The summed E-state index contributed by atoms with van der Waals surface area (Å²) in [6.45, 7) is 0. The third-order valence-electron chi connectivity index (χ3n) is 2.83. The second-order valence-electron chi connectivity index (χ2n) is 4.19. The number of benzene rings is 2. The molecule has 2 rings (SSSR count). The Kier molecular flexibility index (Phi) is 4.71. The van der Waals surface area contributed by atoms with Gasteiger partial charge in [0.25, 0.3) is 0 Å². The summed E-state index contributed by atoms with van der Waals surface area (Å²) in [6, 6.07) is 15.1. The first-order valence-electron chi connectivity index (χ1n) is 5.69. The van der Waals surface area contributed by atoms with Gasteiger partial charge in [0.2, 0.25) is 0 Å². The lowest BCUT2D eigenvalue weighted by Crippen LogP contribution is -2.00. The fraction of sp³-hybridized carbons (Fsp3) is 0.133. The van der Waals surface area contributed by atoms with Crippen LogP contribution >= 0.6 is 34.8 Å². The van der Waals surface area contributed by atoms with E-state index in [2.05, 4.69) is 6.07 Å². The van der Waals surface area contributed by atoms with E-state index in [9.17, 15) is 5.26 Å². The van der Waals surface area contributed by atoms with Crippen LogP contribution in [0.3, 0.4) is 0 Å². The summed E-state index contributed by atoms with van der Waals surface area (Å²) in [6.07, 6.45) is 0.577. The van der Waals surface area contributed by atoms with Crippen LogP contribution in [0.1, 0.15) is 17.0 Å².